The number of likely N-dealkylation sites (tertiary alicyclic amines) is 1. The molecular weight excluding hydrogens is 388 g/mol. The molecule has 168 valence electrons. The monoisotopic (exact) mass is 422 g/mol. The summed E-state index contributed by atoms with van der Waals surface area (Å²) in [6, 6.07) is -1.01. The van der Waals surface area contributed by atoms with Gasteiger partial charge in [-0.05, 0) is 32.6 Å². The zero-order valence-electron chi connectivity index (χ0n) is 18.3. The van der Waals surface area contributed by atoms with Crippen molar-refractivity contribution in [2.24, 2.45) is 17.8 Å². The minimum absolute atomic E-state index is 0.0294. The lowest BCUT2D eigenvalue weighted by Crippen LogP contribution is -2.58. The van der Waals surface area contributed by atoms with Gasteiger partial charge in [0, 0.05) is 19.1 Å². The number of aliphatic hydroxyl groups excluding tert-OH is 1. The topological polar surface area (TPSA) is 107 Å². The fourth-order valence-electron chi connectivity index (χ4n) is 6.10. The molecule has 3 heterocycles. The summed E-state index contributed by atoms with van der Waals surface area (Å²) in [5.74, 6) is -3.82. The number of hydrogen-bond donors (Lipinski definition) is 2. The molecule has 0 radical (unpaired) electrons. The minimum atomic E-state index is -1.19. The molecule has 8 heteroatoms. The molecule has 3 aliphatic rings. The average Bonchev–Trinajstić information content (AvgIpc) is 3.17. The third kappa shape index (κ3) is 2.99. The highest BCUT2D eigenvalue weighted by molar-refractivity contribution is 5.98. The van der Waals surface area contributed by atoms with Crippen LogP contribution in [0.25, 0.3) is 0 Å². The van der Waals surface area contributed by atoms with E-state index >= 15 is 0 Å². The van der Waals surface area contributed by atoms with Crippen molar-refractivity contribution >= 4 is 17.8 Å². The van der Waals surface area contributed by atoms with Gasteiger partial charge in [0.05, 0.1) is 18.1 Å². The van der Waals surface area contributed by atoms with Crippen LogP contribution < -0.4 is 0 Å². The molecule has 0 aromatic rings. The van der Waals surface area contributed by atoms with Gasteiger partial charge in [-0.2, -0.15) is 0 Å². The lowest BCUT2D eigenvalue weighted by Gasteiger charge is -2.39. The van der Waals surface area contributed by atoms with Crippen LogP contribution in [0.2, 0.25) is 0 Å². The molecule has 7 atom stereocenters. The Hall–Kier alpha value is -1.93. The summed E-state index contributed by atoms with van der Waals surface area (Å²) in [5, 5.41) is 19.6. The summed E-state index contributed by atoms with van der Waals surface area (Å²) < 4.78 is 6.41. The zero-order valence-corrected chi connectivity index (χ0v) is 18.3. The van der Waals surface area contributed by atoms with Crippen LogP contribution >= 0.6 is 0 Å². The molecule has 3 saturated heterocycles. The lowest BCUT2D eigenvalue weighted by atomic mass is 9.62. The Morgan fingerprint density at radius 2 is 2.13 bits per heavy atom. The lowest BCUT2D eigenvalue weighted by molar-refractivity contribution is -0.158. The Morgan fingerprint density at radius 1 is 1.47 bits per heavy atom. The van der Waals surface area contributed by atoms with Crippen LogP contribution in [0.1, 0.15) is 47.0 Å². The predicted molar refractivity (Wildman–Crippen MR) is 109 cm³/mol. The van der Waals surface area contributed by atoms with Crippen LogP contribution in [0.3, 0.4) is 0 Å². The van der Waals surface area contributed by atoms with E-state index in [0.29, 0.717) is 13.0 Å². The number of β-amino-alcohol motifs (C(OH)–C–C–N with tert-alkyl or cyclic N) is 1. The Morgan fingerprint density at radius 3 is 2.67 bits per heavy atom. The molecule has 1 spiro atoms. The standard InChI is InChI=1S/C22H34N2O6/c1-6-8-14(4)23(9-7-2)19(27)17-22-12-13(3)21(5,30-22)16(20(28)29)15(22)18(26)24(17)10-11-25/h7,13-17,25H,2,6,8-12H2,1,3-5H3,(H,28,29)/t13?,14?,15-,16-,17?,21+,22?/m0/s1. The van der Waals surface area contributed by atoms with Crippen LogP contribution in [0.5, 0.6) is 0 Å². The number of carboxylic acid groups (broad SMARTS) is 1. The molecular formula is C22H34N2O6. The van der Waals surface area contributed by atoms with Crippen molar-refractivity contribution in [3.8, 4) is 0 Å². The molecule has 2 N–H and O–H groups in total. The van der Waals surface area contributed by atoms with Crippen molar-refractivity contribution in [2.45, 2.75) is 70.2 Å². The average molecular weight is 423 g/mol. The minimum Gasteiger partial charge on any atom is -0.481 e. The van der Waals surface area contributed by atoms with E-state index < -0.39 is 41.0 Å². The second-order valence-corrected chi connectivity index (χ2v) is 9.21. The second kappa shape index (κ2) is 7.96. The number of amides is 2. The van der Waals surface area contributed by atoms with Crippen molar-refractivity contribution in [3.63, 3.8) is 0 Å². The first-order valence-corrected chi connectivity index (χ1v) is 10.9. The molecule has 8 nitrogen and oxygen atoms in total. The van der Waals surface area contributed by atoms with Crippen LogP contribution in [0.4, 0.5) is 0 Å². The highest BCUT2D eigenvalue weighted by Gasteiger charge is 2.80. The quantitative estimate of drug-likeness (QED) is 0.542. The van der Waals surface area contributed by atoms with Crippen LogP contribution in [0.15, 0.2) is 12.7 Å². The van der Waals surface area contributed by atoms with Gasteiger partial charge in [0.2, 0.25) is 11.8 Å². The maximum atomic E-state index is 13.9. The number of fused-ring (bicyclic) bond motifs is 1. The first-order valence-electron chi connectivity index (χ1n) is 10.9. The summed E-state index contributed by atoms with van der Waals surface area (Å²) in [5.41, 5.74) is -2.19. The van der Waals surface area contributed by atoms with E-state index in [-0.39, 0.29) is 31.0 Å². The highest BCUT2D eigenvalue weighted by atomic mass is 16.5. The summed E-state index contributed by atoms with van der Waals surface area (Å²) in [6.07, 6.45) is 3.78. The summed E-state index contributed by atoms with van der Waals surface area (Å²) in [4.78, 5) is 42.5. The van der Waals surface area contributed by atoms with Gasteiger partial charge >= 0.3 is 5.97 Å². The van der Waals surface area contributed by atoms with Gasteiger partial charge in [-0.1, -0.05) is 26.3 Å². The number of ether oxygens (including phenoxy) is 1. The molecule has 3 fully saturated rings. The molecule has 30 heavy (non-hydrogen) atoms. The SMILES string of the molecule is C=CCN(C(=O)C1N(CCO)C(=O)[C@@H]2[C@@H](C(=O)O)[C@]3(C)OC12CC3C)C(C)CCC. The molecule has 2 amide bonds. The maximum Gasteiger partial charge on any atom is 0.310 e. The number of aliphatic hydroxyl groups is 1. The zero-order chi connectivity index (χ0) is 22.4. The van der Waals surface area contributed by atoms with E-state index in [9.17, 15) is 24.6 Å². The first-order chi connectivity index (χ1) is 14.1. The number of carbonyl (C=O) groups is 3. The molecule has 3 aliphatic heterocycles. The number of aliphatic carboxylic acids is 1. The van der Waals surface area contributed by atoms with Gasteiger partial charge in [0.1, 0.15) is 17.6 Å². The molecule has 0 saturated carbocycles. The van der Waals surface area contributed by atoms with E-state index in [2.05, 4.69) is 6.58 Å². The largest absolute Gasteiger partial charge is 0.481 e. The van der Waals surface area contributed by atoms with E-state index in [1.165, 1.54) is 4.90 Å². The number of rotatable bonds is 9. The molecule has 2 bridgehead atoms. The smallest absolute Gasteiger partial charge is 0.310 e. The normalized spacial score (nSPS) is 37.9. The fourth-order valence-corrected chi connectivity index (χ4v) is 6.10. The second-order valence-electron chi connectivity index (χ2n) is 9.21. The van der Waals surface area contributed by atoms with Gasteiger partial charge < -0.3 is 24.7 Å². The summed E-state index contributed by atoms with van der Waals surface area (Å²) in [6.45, 7) is 11.4. The Kier molecular flexibility index (Phi) is 6.04. The maximum absolute atomic E-state index is 13.9. The van der Waals surface area contributed by atoms with Gasteiger partial charge in [0.15, 0.2) is 0 Å². The van der Waals surface area contributed by atoms with Gasteiger partial charge in [-0.3, -0.25) is 14.4 Å². The Balaban J connectivity index is 2.10. The number of hydrogen-bond acceptors (Lipinski definition) is 5. The van der Waals surface area contributed by atoms with Crippen molar-refractivity contribution in [2.75, 3.05) is 19.7 Å². The van der Waals surface area contributed by atoms with Crippen molar-refractivity contribution in [1.29, 1.82) is 0 Å². The number of carboxylic acids is 1. The highest BCUT2D eigenvalue weighted by Crippen LogP contribution is 2.65. The molecule has 3 rings (SSSR count). The van der Waals surface area contributed by atoms with Crippen LogP contribution in [0, 0.1) is 17.8 Å². The van der Waals surface area contributed by atoms with Gasteiger partial charge in [-0.15, -0.1) is 6.58 Å². The van der Waals surface area contributed by atoms with Crippen molar-refractivity contribution in [3.05, 3.63) is 12.7 Å². The molecule has 0 aromatic heterocycles. The van der Waals surface area contributed by atoms with Crippen LogP contribution in [-0.2, 0) is 19.1 Å². The Bertz CT molecular complexity index is 741. The number of nitrogens with zero attached hydrogens (tertiary/aromatic N) is 2. The molecule has 0 aliphatic carbocycles. The molecule has 0 aromatic carbocycles. The fraction of sp³-hybridized carbons (Fsp3) is 0.773. The predicted octanol–water partition coefficient (Wildman–Crippen LogP) is 1.28. The van der Waals surface area contributed by atoms with Crippen molar-refractivity contribution < 1.29 is 29.3 Å². The van der Waals surface area contributed by atoms with Gasteiger partial charge in [-0.25, -0.2) is 0 Å². The Labute approximate surface area is 177 Å². The third-order valence-corrected chi connectivity index (χ3v) is 7.50. The summed E-state index contributed by atoms with van der Waals surface area (Å²) >= 11 is 0. The van der Waals surface area contributed by atoms with E-state index in [1.807, 2.05) is 20.8 Å². The van der Waals surface area contributed by atoms with Crippen molar-refractivity contribution in [1.82, 2.24) is 9.80 Å². The third-order valence-electron chi connectivity index (χ3n) is 7.50. The first kappa shape index (κ1) is 22.7. The summed E-state index contributed by atoms with van der Waals surface area (Å²) in [7, 11) is 0. The number of carbonyl (C=O) groups excluding carboxylic acids is 2. The van der Waals surface area contributed by atoms with E-state index in [4.69, 9.17) is 4.74 Å². The molecule has 4 unspecified atom stereocenters. The van der Waals surface area contributed by atoms with Gasteiger partial charge in [0.25, 0.3) is 0 Å². The van der Waals surface area contributed by atoms with Crippen LogP contribution in [-0.4, -0.2) is 80.8 Å². The van der Waals surface area contributed by atoms with E-state index in [1.54, 1.807) is 17.9 Å². The van der Waals surface area contributed by atoms with E-state index in [0.717, 1.165) is 12.8 Å².